The van der Waals surface area contributed by atoms with Crippen molar-refractivity contribution in [1.82, 2.24) is 5.32 Å². The van der Waals surface area contributed by atoms with Crippen molar-refractivity contribution in [3.05, 3.63) is 59.7 Å². The molecule has 2 aromatic carbocycles. The lowest BCUT2D eigenvalue weighted by atomic mass is 9.82. The van der Waals surface area contributed by atoms with Gasteiger partial charge in [-0.05, 0) is 49.3 Å². The number of ether oxygens (including phenoxy) is 2. The van der Waals surface area contributed by atoms with E-state index in [0.29, 0.717) is 23.0 Å². The monoisotopic (exact) mass is 323 g/mol. The van der Waals surface area contributed by atoms with Crippen molar-refractivity contribution in [3.63, 3.8) is 0 Å². The number of benzene rings is 2. The third kappa shape index (κ3) is 2.96. The minimum atomic E-state index is -0.0690. The zero-order chi connectivity index (χ0) is 16.4. The van der Waals surface area contributed by atoms with Gasteiger partial charge in [-0.15, -0.1) is 0 Å². The number of nitrogens with one attached hydrogen (secondary N) is 1. The molecule has 124 valence electrons. The van der Waals surface area contributed by atoms with Crippen LogP contribution in [0.2, 0.25) is 0 Å². The van der Waals surface area contributed by atoms with Crippen molar-refractivity contribution in [3.8, 4) is 11.5 Å². The number of hydrogen-bond donors (Lipinski definition) is 1. The summed E-state index contributed by atoms with van der Waals surface area (Å²) in [6, 6.07) is 16.3. The zero-order valence-electron chi connectivity index (χ0n) is 13.5. The van der Waals surface area contributed by atoms with E-state index < -0.39 is 0 Å². The Balaban J connectivity index is 1.37. The number of para-hydroxylation sites is 1. The Morgan fingerprint density at radius 1 is 0.917 bits per heavy atom. The Labute approximate surface area is 141 Å². The van der Waals surface area contributed by atoms with E-state index in [1.54, 1.807) is 6.07 Å². The van der Waals surface area contributed by atoms with Gasteiger partial charge in [0.1, 0.15) is 0 Å². The second kappa shape index (κ2) is 6.56. The third-order valence-electron chi connectivity index (χ3n) is 4.97. The number of carbonyl (C=O) groups excluding carboxylic acids is 1. The number of rotatable bonds is 3. The van der Waals surface area contributed by atoms with E-state index in [1.807, 2.05) is 12.1 Å². The quantitative estimate of drug-likeness (QED) is 0.933. The summed E-state index contributed by atoms with van der Waals surface area (Å²) in [6.45, 7) is 0.182. The lowest BCUT2D eigenvalue weighted by Crippen LogP contribution is -2.37. The minimum Gasteiger partial charge on any atom is -0.454 e. The first kappa shape index (κ1) is 15.1. The average Bonchev–Trinajstić information content (AvgIpc) is 3.12. The molecule has 1 aliphatic carbocycles. The number of hydrogen-bond acceptors (Lipinski definition) is 3. The fourth-order valence-electron chi connectivity index (χ4n) is 3.67. The van der Waals surface area contributed by atoms with Crippen molar-refractivity contribution in [1.29, 1.82) is 0 Å². The van der Waals surface area contributed by atoms with E-state index in [1.165, 1.54) is 5.56 Å². The largest absolute Gasteiger partial charge is 0.454 e. The zero-order valence-corrected chi connectivity index (χ0v) is 13.5. The van der Waals surface area contributed by atoms with Gasteiger partial charge < -0.3 is 14.8 Å². The Hall–Kier alpha value is -2.49. The van der Waals surface area contributed by atoms with E-state index in [2.05, 4.69) is 35.6 Å². The summed E-state index contributed by atoms with van der Waals surface area (Å²) in [7, 11) is 0. The molecule has 4 nitrogen and oxygen atoms in total. The fraction of sp³-hybridized carbons (Fsp3) is 0.350. The van der Waals surface area contributed by atoms with E-state index in [9.17, 15) is 4.79 Å². The number of amides is 1. The van der Waals surface area contributed by atoms with Crippen LogP contribution >= 0.6 is 0 Å². The van der Waals surface area contributed by atoms with Crippen molar-refractivity contribution < 1.29 is 14.3 Å². The lowest BCUT2D eigenvalue weighted by molar-refractivity contribution is 0.0921. The van der Waals surface area contributed by atoms with Crippen molar-refractivity contribution in [2.24, 2.45) is 0 Å². The molecule has 0 bridgehead atoms. The first-order valence-corrected chi connectivity index (χ1v) is 8.55. The van der Waals surface area contributed by atoms with Crippen LogP contribution in [0.4, 0.5) is 0 Å². The molecule has 0 spiro atoms. The van der Waals surface area contributed by atoms with Gasteiger partial charge >= 0.3 is 0 Å². The molecule has 1 fully saturated rings. The van der Waals surface area contributed by atoms with Crippen LogP contribution in [0.25, 0.3) is 0 Å². The highest BCUT2D eigenvalue weighted by molar-refractivity contribution is 5.98. The topological polar surface area (TPSA) is 47.6 Å². The SMILES string of the molecule is O=C(NC1CCC(c2ccccc2)CC1)c1cccc2c1OCO2. The predicted molar refractivity (Wildman–Crippen MR) is 91.5 cm³/mol. The van der Waals surface area contributed by atoms with Crippen LogP contribution in [-0.4, -0.2) is 18.7 Å². The summed E-state index contributed by atoms with van der Waals surface area (Å²) in [4.78, 5) is 12.6. The van der Waals surface area contributed by atoms with Gasteiger partial charge in [-0.3, -0.25) is 4.79 Å². The van der Waals surface area contributed by atoms with Crippen LogP contribution in [0.3, 0.4) is 0 Å². The Kier molecular flexibility index (Phi) is 4.11. The van der Waals surface area contributed by atoms with Crippen LogP contribution in [0.5, 0.6) is 11.5 Å². The average molecular weight is 323 g/mol. The summed E-state index contributed by atoms with van der Waals surface area (Å²) in [5, 5.41) is 3.16. The summed E-state index contributed by atoms with van der Waals surface area (Å²) in [6.07, 6.45) is 4.25. The van der Waals surface area contributed by atoms with Gasteiger partial charge in [0.25, 0.3) is 5.91 Å². The molecule has 0 saturated heterocycles. The highest BCUT2D eigenvalue weighted by atomic mass is 16.7. The van der Waals surface area contributed by atoms with Crippen LogP contribution in [-0.2, 0) is 0 Å². The van der Waals surface area contributed by atoms with Crippen LogP contribution in [0.1, 0.15) is 47.5 Å². The summed E-state index contributed by atoms with van der Waals surface area (Å²) < 4.78 is 10.8. The molecular weight excluding hydrogens is 302 g/mol. The van der Waals surface area contributed by atoms with Gasteiger partial charge in [0.2, 0.25) is 6.79 Å². The second-order valence-corrected chi connectivity index (χ2v) is 6.47. The van der Waals surface area contributed by atoms with Gasteiger partial charge in [0.15, 0.2) is 11.5 Å². The highest BCUT2D eigenvalue weighted by Crippen LogP contribution is 2.36. The number of carbonyl (C=O) groups is 1. The first-order chi connectivity index (χ1) is 11.8. The fourth-order valence-corrected chi connectivity index (χ4v) is 3.67. The standard InChI is InChI=1S/C20H21NO3/c22-20(17-7-4-8-18-19(17)24-13-23-18)21-16-11-9-15(10-12-16)14-5-2-1-3-6-14/h1-8,15-16H,9-13H2,(H,21,22). The van der Waals surface area contributed by atoms with E-state index in [-0.39, 0.29) is 18.7 Å². The summed E-state index contributed by atoms with van der Waals surface area (Å²) in [5.74, 6) is 1.75. The van der Waals surface area contributed by atoms with Gasteiger partial charge in [0.05, 0.1) is 5.56 Å². The molecule has 0 radical (unpaired) electrons. The normalized spacial score (nSPS) is 22.2. The molecule has 0 aromatic heterocycles. The molecule has 4 heteroatoms. The third-order valence-corrected chi connectivity index (χ3v) is 4.97. The molecule has 2 aromatic rings. The molecule has 1 heterocycles. The second-order valence-electron chi connectivity index (χ2n) is 6.47. The molecule has 1 saturated carbocycles. The molecule has 1 amide bonds. The Morgan fingerprint density at radius 3 is 2.50 bits per heavy atom. The molecule has 2 aliphatic rings. The molecule has 4 rings (SSSR count). The molecule has 1 aliphatic heterocycles. The Bertz CT molecular complexity index is 721. The van der Waals surface area contributed by atoms with Gasteiger partial charge in [0, 0.05) is 6.04 Å². The molecule has 24 heavy (non-hydrogen) atoms. The van der Waals surface area contributed by atoms with Crippen LogP contribution in [0.15, 0.2) is 48.5 Å². The van der Waals surface area contributed by atoms with E-state index in [0.717, 1.165) is 25.7 Å². The maximum atomic E-state index is 12.6. The summed E-state index contributed by atoms with van der Waals surface area (Å²) >= 11 is 0. The lowest BCUT2D eigenvalue weighted by Gasteiger charge is -2.29. The van der Waals surface area contributed by atoms with Crippen LogP contribution < -0.4 is 14.8 Å². The maximum absolute atomic E-state index is 12.6. The van der Waals surface area contributed by atoms with Gasteiger partial charge in [-0.2, -0.15) is 0 Å². The van der Waals surface area contributed by atoms with Crippen molar-refractivity contribution >= 4 is 5.91 Å². The van der Waals surface area contributed by atoms with Crippen molar-refractivity contribution in [2.75, 3.05) is 6.79 Å². The van der Waals surface area contributed by atoms with Crippen LogP contribution in [0, 0.1) is 0 Å². The number of fused-ring (bicyclic) bond motifs is 1. The summed E-state index contributed by atoms with van der Waals surface area (Å²) in [5.41, 5.74) is 1.98. The Morgan fingerprint density at radius 2 is 1.71 bits per heavy atom. The van der Waals surface area contributed by atoms with E-state index in [4.69, 9.17) is 9.47 Å². The molecule has 1 N–H and O–H groups in total. The van der Waals surface area contributed by atoms with Gasteiger partial charge in [-0.1, -0.05) is 36.4 Å². The van der Waals surface area contributed by atoms with E-state index >= 15 is 0 Å². The van der Waals surface area contributed by atoms with Crippen molar-refractivity contribution in [2.45, 2.75) is 37.6 Å². The van der Waals surface area contributed by atoms with Gasteiger partial charge in [-0.25, -0.2) is 0 Å². The highest BCUT2D eigenvalue weighted by Gasteiger charge is 2.26. The molecule has 0 atom stereocenters. The predicted octanol–water partition coefficient (Wildman–Crippen LogP) is 3.87. The first-order valence-electron chi connectivity index (χ1n) is 8.55. The molecular formula is C20H21NO3. The molecule has 0 unspecified atom stereocenters. The minimum absolute atomic E-state index is 0.0690. The maximum Gasteiger partial charge on any atom is 0.255 e. The smallest absolute Gasteiger partial charge is 0.255 e.